The van der Waals surface area contributed by atoms with E-state index >= 15 is 0 Å². The van der Waals surface area contributed by atoms with Gasteiger partial charge < -0.3 is 10.1 Å². The SMILES string of the molecule is N#Cc1ccc(NC(=O)COC(=O)c2c3c(nc4ccccc24)CCCCCC3)cc1. The van der Waals surface area contributed by atoms with Gasteiger partial charge in [0.2, 0.25) is 0 Å². The first kappa shape index (κ1) is 20.5. The number of amides is 1. The predicted molar refractivity (Wildman–Crippen MR) is 118 cm³/mol. The molecule has 0 spiro atoms. The van der Waals surface area contributed by atoms with Crippen molar-refractivity contribution in [2.45, 2.75) is 38.5 Å². The highest BCUT2D eigenvalue weighted by molar-refractivity contribution is 6.06. The van der Waals surface area contributed by atoms with Gasteiger partial charge in [0.15, 0.2) is 6.61 Å². The van der Waals surface area contributed by atoms with Gasteiger partial charge in [-0.25, -0.2) is 4.79 Å². The highest BCUT2D eigenvalue weighted by Gasteiger charge is 2.23. The maximum atomic E-state index is 13.1. The van der Waals surface area contributed by atoms with Crippen LogP contribution in [0.25, 0.3) is 10.9 Å². The number of carbonyl (C=O) groups excluding carboxylic acids is 2. The first-order chi connectivity index (χ1) is 15.2. The molecule has 1 heterocycles. The molecule has 156 valence electrons. The van der Waals surface area contributed by atoms with E-state index < -0.39 is 11.9 Å². The zero-order chi connectivity index (χ0) is 21.6. The van der Waals surface area contributed by atoms with Crippen molar-refractivity contribution < 1.29 is 14.3 Å². The van der Waals surface area contributed by atoms with Crippen molar-refractivity contribution in [1.29, 1.82) is 5.26 Å². The lowest BCUT2D eigenvalue weighted by molar-refractivity contribution is -0.119. The number of aryl methyl sites for hydroxylation is 1. The lowest BCUT2D eigenvalue weighted by Gasteiger charge is -2.18. The molecule has 0 atom stereocenters. The molecule has 6 nitrogen and oxygen atoms in total. The maximum Gasteiger partial charge on any atom is 0.339 e. The zero-order valence-electron chi connectivity index (χ0n) is 17.2. The van der Waals surface area contributed by atoms with Gasteiger partial charge in [0.1, 0.15) is 0 Å². The average molecular weight is 413 g/mol. The lowest BCUT2D eigenvalue weighted by atomic mass is 9.91. The molecule has 4 rings (SSSR count). The highest BCUT2D eigenvalue weighted by atomic mass is 16.5. The third kappa shape index (κ3) is 4.72. The van der Waals surface area contributed by atoms with E-state index in [1.165, 1.54) is 6.42 Å². The summed E-state index contributed by atoms with van der Waals surface area (Å²) in [6.07, 6.45) is 6.00. The van der Waals surface area contributed by atoms with E-state index in [2.05, 4.69) is 5.32 Å². The number of hydrogen-bond donors (Lipinski definition) is 1. The molecular formula is C25H23N3O3. The Hall–Kier alpha value is -3.72. The number of nitrogens with zero attached hydrogens (tertiary/aromatic N) is 2. The van der Waals surface area contributed by atoms with Crippen molar-refractivity contribution in [2.24, 2.45) is 0 Å². The Labute approximate surface area is 180 Å². The minimum atomic E-state index is -0.495. The number of anilines is 1. The number of nitrogens with one attached hydrogen (secondary N) is 1. The van der Waals surface area contributed by atoms with E-state index in [1.807, 2.05) is 30.3 Å². The van der Waals surface area contributed by atoms with E-state index in [1.54, 1.807) is 24.3 Å². The van der Waals surface area contributed by atoms with Gasteiger partial charge in [-0.05, 0) is 61.6 Å². The second-order valence-corrected chi connectivity index (χ2v) is 7.66. The molecule has 1 aromatic heterocycles. The quantitative estimate of drug-likeness (QED) is 0.633. The molecule has 0 saturated carbocycles. The van der Waals surface area contributed by atoms with Crippen molar-refractivity contribution >= 4 is 28.5 Å². The molecule has 31 heavy (non-hydrogen) atoms. The van der Waals surface area contributed by atoms with E-state index in [0.29, 0.717) is 16.8 Å². The van der Waals surface area contributed by atoms with Crippen LogP contribution in [0.2, 0.25) is 0 Å². The third-order valence-electron chi connectivity index (χ3n) is 5.51. The number of hydrogen-bond acceptors (Lipinski definition) is 5. The third-order valence-corrected chi connectivity index (χ3v) is 5.51. The van der Waals surface area contributed by atoms with Crippen molar-refractivity contribution in [2.75, 3.05) is 11.9 Å². The topological polar surface area (TPSA) is 92.1 Å². The summed E-state index contributed by atoms with van der Waals surface area (Å²) in [7, 11) is 0. The van der Waals surface area contributed by atoms with Crippen LogP contribution in [0, 0.1) is 11.3 Å². The molecular weight excluding hydrogens is 390 g/mol. The molecule has 0 bridgehead atoms. The predicted octanol–water partition coefficient (Wildman–Crippen LogP) is 4.56. The van der Waals surface area contributed by atoms with Crippen molar-refractivity contribution in [3.05, 3.63) is 70.9 Å². The number of benzene rings is 2. The van der Waals surface area contributed by atoms with E-state index in [0.717, 1.165) is 54.3 Å². The van der Waals surface area contributed by atoms with Crippen molar-refractivity contribution in [3.63, 3.8) is 0 Å². The fraction of sp³-hybridized carbons (Fsp3) is 0.280. The molecule has 0 aliphatic heterocycles. The van der Waals surface area contributed by atoms with Crippen LogP contribution in [-0.4, -0.2) is 23.5 Å². The minimum Gasteiger partial charge on any atom is -0.452 e. The van der Waals surface area contributed by atoms with Gasteiger partial charge in [0, 0.05) is 16.8 Å². The van der Waals surface area contributed by atoms with Crippen LogP contribution >= 0.6 is 0 Å². The molecule has 1 N–H and O–H groups in total. The standard InChI is InChI=1S/C25H23N3O3/c26-15-17-11-13-18(14-12-17)27-23(29)16-31-25(30)24-19-7-3-1-2-4-9-21(19)28-22-10-6-5-8-20(22)24/h5-6,8,10-14H,1-4,7,9,16H2,(H,27,29). The van der Waals surface area contributed by atoms with E-state index in [9.17, 15) is 9.59 Å². The molecule has 0 radical (unpaired) electrons. The van der Waals surface area contributed by atoms with Crippen molar-refractivity contribution in [3.8, 4) is 6.07 Å². The number of rotatable bonds is 4. The van der Waals surface area contributed by atoms with Gasteiger partial charge in [-0.1, -0.05) is 31.0 Å². The van der Waals surface area contributed by atoms with Crippen LogP contribution in [0.3, 0.4) is 0 Å². The monoisotopic (exact) mass is 413 g/mol. The summed E-state index contributed by atoms with van der Waals surface area (Å²) in [6.45, 7) is -0.385. The first-order valence-corrected chi connectivity index (χ1v) is 10.5. The number of para-hydroxylation sites is 1. The Morgan fingerprint density at radius 2 is 1.74 bits per heavy atom. The Morgan fingerprint density at radius 1 is 1.00 bits per heavy atom. The summed E-state index contributed by atoms with van der Waals surface area (Å²) in [5, 5.41) is 12.3. The van der Waals surface area contributed by atoms with Crippen LogP contribution in [0.1, 0.15) is 52.9 Å². The Bertz CT molecular complexity index is 1160. The van der Waals surface area contributed by atoms with Crippen LogP contribution in [0.15, 0.2) is 48.5 Å². The first-order valence-electron chi connectivity index (χ1n) is 10.5. The molecule has 1 aliphatic rings. The van der Waals surface area contributed by atoms with Crippen LogP contribution in [0.4, 0.5) is 5.69 Å². The minimum absolute atomic E-state index is 0.385. The van der Waals surface area contributed by atoms with Gasteiger partial charge in [0.05, 0.1) is 22.7 Å². The number of nitriles is 1. The summed E-state index contributed by atoms with van der Waals surface area (Å²) >= 11 is 0. The average Bonchev–Trinajstić information content (AvgIpc) is 2.77. The Balaban J connectivity index is 1.54. The Morgan fingerprint density at radius 3 is 2.52 bits per heavy atom. The summed E-state index contributed by atoms with van der Waals surface area (Å²) in [6, 6.07) is 16.1. The summed E-state index contributed by atoms with van der Waals surface area (Å²) in [5.41, 5.74) is 4.28. The largest absolute Gasteiger partial charge is 0.452 e. The van der Waals surface area contributed by atoms with E-state index in [4.69, 9.17) is 15.0 Å². The summed E-state index contributed by atoms with van der Waals surface area (Å²) < 4.78 is 5.42. The molecule has 1 amide bonds. The van der Waals surface area contributed by atoms with Gasteiger partial charge in [-0.15, -0.1) is 0 Å². The van der Waals surface area contributed by atoms with Crippen molar-refractivity contribution in [1.82, 2.24) is 4.98 Å². The van der Waals surface area contributed by atoms with Crippen LogP contribution in [0.5, 0.6) is 0 Å². The van der Waals surface area contributed by atoms with Gasteiger partial charge in [-0.2, -0.15) is 5.26 Å². The summed E-state index contributed by atoms with van der Waals surface area (Å²) in [5.74, 6) is -0.926. The smallest absolute Gasteiger partial charge is 0.339 e. The maximum absolute atomic E-state index is 13.1. The molecule has 3 aromatic rings. The van der Waals surface area contributed by atoms with Crippen LogP contribution in [-0.2, 0) is 22.4 Å². The molecule has 6 heteroatoms. The molecule has 0 unspecified atom stereocenters. The Kier molecular flexibility index (Phi) is 6.23. The molecule has 0 saturated heterocycles. The fourth-order valence-corrected chi connectivity index (χ4v) is 3.99. The van der Waals surface area contributed by atoms with Gasteiger partial charge in [-0.3, -0.25) is 9.78 Å². The number of pyridine rings is 1. The second-order valence-electron chi connectivity index (χ2n) is 7.66. The van der Waals surface area contributed by atoms with E-state index in [-0.39, 0.29) is 6.61 Å². The molecule has 0 fully saturated rings. The normalized spacial score (nSPS) is 13.4. The number of esters is 1. The van der Waals surface area contributed by atoms with Gasteiger partial charge in [0.25, 0.3) is 5.91 Å². The lowest BCUT2D eigenvalue weighted by Crippen LogP contribution is -2.22. The number of carbonyl (C=O) groups is 2. The number of fused-ring (bicyclic) bond motifs is 2. The number of aromatic nitrogens is 1. The van der Waals surface area contributed by atoms with Gasteiger partial charge >= 0.3 is 5.97 Å². The second kappa shape index (κ2) is 9.40. The highest BCUT2D eigenvalue weighted by Crippen LogP contribution is 2.29. The molecule has 1 aliphatic carbocycles. The zero-order valence-corrected chi connectivity index (χ0v) is 17.2. The summed E-state index contributed by atoms with van der Waals surface area (Å²) in [4.78, 5) is 30.2. The fourth-order valence-electron chi connectivity index (χ4n) is 3.99. The number of ether oxygens (including phenoxy) is 1. The van der Waals surface area contributed by atoms with Crippen LogP contribution < -0.4 is 5.32 Å². The molecule has 2 aromatic carbocycles.